The van der Waals surface area contributed by atoms with Gasteiger partial charge >= 0.3 is 24.3 Å². The normalized spacial score (nSPS) is 19.4. The van der Waals surface area contributed by atoms with E-state index in [0.29, 0.717) is 11.3 Å². The number of rotatable bonds is 6. The first-order chi connectivity index (χ1) is 18.6. The zero-order chi connectivity index (χ0) is 30.1. The fraction of sp³-hybridized carbons (Fsp3) is 0.600. The van der Waals surface area contributed by atoms with Gasteiger partial charge in [-0.25, -0.2) is 9.59 Å². The number of ether oxygens (including phenoxy) is 1. The van der Waals surface area contributed by atoms with Crippen molar-refractivity contribution in [3.05, 3.63) is 46.0 Å². The maximum Gasteiger partial charge on any atom is 0.490 e. The standard InChI is InChI=1S/C21H30N2O2S.2C2HF3O2/c1-17-3-4-20(25-17)13-22-8-6-21(7-9-22)16-23(12-19(21)14-24-2)11-18-5-10-26-15-18;2*3-2(4,5)1(6)7/h3-5,10,15,19H,6-9,11-14,16H2,1-2H3;2*(H,6,7). The number of hydrogen-bond acceptors (Lipinski definition) is 7. The summed E-state index contributed by atoms with van der Waals surface area (Å²) in [6.07, 6.45) is -7.64. The quantitative estimate of drug-likeness (QED) is 0.431. The van der Waals surface area contributed by atoms with Crippen LogP contribution in [0.25, 0.3) is 0 Å². The number of piperidine rings is 1. The summed E-state index contributed by atoms with van der Waals surface area (Å²) >= 11 is 1.80. The average molecular weight is 603 g/mol. The smallest absolute Gasteiger partial charge is 0.475 e. The van der Waals surface area contributed by atoms with Crippen molar-refractivity contribution in [1.29, 1.82) is 0 Å². The highest BCUT2D eigenvalue weighted by Gasteiger charge is 2.47. The second kappa shape index (κ2) is 14.3. The van der Waals surface area contributed by atoms with E-state index in [9.17, 15) is 26.3 Å². The molecular formula is C25H32F6N2O6S. The molecule has 4 heterocycles. The van der Waals surface area contributed by atoms with Gasteiger partial charge in [0.25, 0.3) is 0 Å². The van der Waals surface area contributed by atoms with Crippen LogP contribution in [-0.4, -0.2) is 84.2 Å². The largest absolute Gasteiger partial charge is 0.490 e. The summed E-state index contributed by atoms with van der Waals surface area (Å²) in [7, 11) is 1.85. The molecule has 0 amide bonds. The number of aryl methyl sites for hydroxylation is 1. The molecule has 0 aromatic carbocycles. The van der Waals surface area contributed by atoms with Crippen LogP contribution in [0.2, 0.25) is 0 Å². The van der Waals surface area contributed by atoms with Crippen molar-refractivity contribution >= 4 is 23.3 Å². The summed E-state index contributed by atoms with van der Waals surface area (Å²) in [4.78, 5) is 23.0. The number of thiophene rings is 1. The van der Waals surface area contributed by atoms with Crippen molar-refractivity contribution in [3.63, 3.8) is 0 Å². The molecule has 0 aliphatic carbocycles. The Bertz CT molecular complexity index is 1040. The number of halogens is 6. The molecule has 2 aliphatic rings. The third-order valence-corrected chi connectivity index (χ3v) is 7.48. The Kier molecular flexibility index (Phi) is 12.0. The third-order valence-electron chi connectivity index (χ3n) is 6.75. The third kappa shape index (κ3) is 10.4. The topological polar surface area (TPSA) is 103 Å². The van der Waals surface area contributed by atoms with Crippen LogP contribution >= 0.6 is 11.3 Å². The number of hydrogen-bond donors (Lipinski definition) is 2. The zero-order valence-corrected chi connectivity index (χ0v) is 22.7. The maximum atomic E-state index is 10.6. The molecule has 1 spiro atoms. The molecule has 2 aliphatic heterocycles. The molecule has 226 valence electrons. The molecule has 0 saturated carbocycles. The first-order valence-electron chi connectivity index (χ1n) is 12.2. The average Bonchev–Trinajstić information content (AvgIpc) is 3.58. The highest BCUT2D eigenvalue weighted by Crippen LogP contribution is 2.45. The summed E-state index contributed by atoms with van der Waals surface area (Å²) < 4.78 is 74.9. The minimum absolute atomic E-state index is 0.418. The lowest BCUT2D eigenvalue weighted by molar-refractivity contribution is -0.193. The zero-order valence-electron chi connectivity index (χ0n) is 21.9. The Morgan fingerprint density at radius 1 is 1.02 bits per heavy atom. The van der Waals surface area contributed by atoms with Gasteiger partial charge in [-0.15, -0.1) is 0 Å². The molecule has 2 aromatic rings. The summed E-state index contributed by atoms with van der Waals surface area (Å²) in [5, 5.41) is 18.7. The summed E-state index contributed by atoms with van der Waals surface area (Å²) in [6, 6.07) is 6.44. The summed E-state index contributed by atoms with van der Waals surface area (Å²) in [6.45, 7) is 9.63. The van der Waals surface area contributed by atoms with Crippen molar-refractivity contribution in [2.45, 2.75) is 45.2 Å². The Hall–Kier alpha value is -2.62. The van der Waals surface area contributed by atoms with Crippen molar-refractivity contribution < 1.29 is 55.3 Å². The molecule has 2 aromatic heterocycles. The van der Waals surface area contributed by atoms with Crippen LogP contribution in [0, 0.1) is 18.3 Å². The van der Waals surface area contributed by atoms with Gasteiger partial charge < -0.3 is 19.4 Å². The lowest BCUT2D eigenvalue weighted by Gasteiger charge is -2.42. The van der Waals surface area contributed by atoms with E-state index in [2.05, 4.69) is 38.8 Å². The molecule has 2 fully saturated rings. The highest BCUT2D eigenvalue weighted by atomic mass is 32.1. The van der Waals surface area contributed by atoms with E-state index < -0.39 is 24.3 Å². The second-order valence-corrected chi connectivity index (χ2v) is 10.5. The minimum atomic E-state index is -5.08. The molecule has 15 heteroatoms. The van der Waals surface area contributed by atoms with E-state index in [-0.39, 0.29) is 0 Å². The monoisotopic (exact) mass is 602 g/mol. The van der Waals surface area contributed by atoms with E-state index in [4.69, 9.17) is 29.0 Å². The molecule has 1 atom stereocenters. The predicted octanol–water partition coefficient (Wildman–Crippen LogP) is 5.28. The summed E-state index contributed by atoms with van der Waals surface area (Å²) in [5.74, 6) is -2.76. The summed E-state index contributed by atoms with van der Waals surface area (Å²) in [5.41, 5.74) is 1.87. The van der Waals surface area contributed by atoms with Gasteiger partial charge in [0.2, 0.25) is 0 Å². The number of alkyl halides is 6. The number of carboxylic acid groups (broad SMARTS) is 2. The van der Waals surface area contributed by atoms with Gasteiger partial charge in [0.15, 0.2) is 0 Å². The van der Waals surface area contributed by atoms with Crippen LogP contribution in [0.4, 0.5) is 26.3 Å². The van der Waals surface area contributed by atoms with E-state index in [0.717, 1.165) is 44.3 Å². The van der Waals surface area contributed by atoms with Gasteiger partial charge in [-0.1, -0.05) is 0 Å². The van der Waals surface area contributed by atoms with Gasteiger partial charge in [-0.05, 0) is 72.8 Å². The first-order valence-corrected chi connectivity index (χ1v) is 13.1. The molecule has 0 bridgehead atoms. The number of carboxylic acids is 2. The SMILES string of the molecule is COCC1CN(Cc2ccsc2)CC12CCN(Cc1ccc(C)o1)CC2.O=C(O)C(F)(F)F.O=C(O)C(F)(F)F. The number of methoxy groups -OCH3 is 1. The van der Waals surface area contributed by atoms with Crippen molar-refractivity contribution in [2.75, 3.05) is 39.9 Å². The Labute approximate surface area is 231 Å². The van der Waals surface area contributed by atoms with Gasteiger partial charge in [0.05, 0.1) is 13.2 Å². The fourth-order valence-corrected chi connectivity index (χ4v) is 5.51. The lowest BCUT2D eigenvalue weighted by atomic mass is 9.71. The van der Waals surface area contributed by atoms with Crippen molar-refractivity contribution in [1.82, 2.24) is 9.80 Å². The molecule has 2 saturated heterocycles. The molecule has 0 radical (unpaired) electrons. The molecule has 1 unspecified atom stereocenters. The van der Waals surface area contributed by atoms with Crippen LogP contribution in [0.3, 0.4) is 0 Å². The molecule has 40 heavy (non-hydrogen) atoms. The van der Waals surface area contributed by atoms with Gasteiger partial charge in [0, 0.05) is 32.7 Å². The highest BCUT2D eigenvalue weighted by molar-refractivity contribution is 7.07. The van der Waals surface area contributed by atoms with Crippen molar-refractivity contribution in [3.8, 4) is 0 Å². The second-order valence-electron chi connectivity index (χ2n) is 9.71. The fourth-order valence-electron chi connectivity index (χ4n) is 4.85. The molecule has 8 nitrogen and oxygen atoms in total. The number of furan rings is 1. The Balaban J connectivity index is 0.000000333. The molecule has 4 rings (SSSR count). The molecular weight excluding hydrogens is 570 g/mol. The predicted molar refractivity (Wildman–Crippen MR) is 133 cm³/mol. The van der Waals surface area contributed by atoms with E-state index in [1.165, 1.54) is 31.5 Å². The van der Waals surface area contributed by atoms with E-state index in [1.807, 2.05) is 14.0 Å². The lowest BCUT2D eigenvalue weighted by Crippen LogP contribution is -2.44. The Morgan fingerprint density at radius 3 is 2.02 bits per heavy atom. The van der Waals surface area contributed by atoms with Crippen LogP contribution in [-0.2, 0) is 27.4 Å². The number of likely N-dealkylation sites (tertiary alicyclic amines) is 2. The van der Waals surface area contributed by atoms with E-state index in [1.54, 1.807) is 11.3 Å². The maximum absolute atomic E-state index is 10.6. The van der Waals surface area contributed by atoms with Gasteiger partial charge in [-0.2, -0.15) is 37.7 Å². The van der Waals surface area contributed by atoms with Crippen LogP contribution in [0.15, 0.2) is 33.4 Å². The van der Waals surface area contributed by atoms with Crippen LogP contribution in [0.1, 0.15) is 29.9 Å². The van der Waals surface area contributed by atoms with Crippen LogP contribution < -0.4 is 0 Å². The first kappa shape index (κ1) is 33.6. The van der Waals surface area contributed by atoms with E-state index >= 15 is 0 Å². The van der Waals surface area contributed by atoms with Crippen LogP contribution in [0.5, 0.6) is 0 Å². The van der Waals surface area contributed by atoms with Gasteiger partial charge in [0.1, 0.15) is 11.5 Å². The number of aliphatic carboxylic acids is 2. The molecule has 2 N–H and O–H groups in total. The number of carbonyl (C=O) groups is 2. The van der Waals surface area contributed by atoms with Crippen molar-refractivity contribution in [2.24, 2.45) is 11.3 Å². The Morgan fingerprint density at radius 2 is 1.60 bits per heavy atom. The number of nitrogens with zero attached hydrogens (tertiary/aromatic N) is 2. The minimum Gasteiger partial charge on any atom is -0.475 e. The van der Waals surface area contributed by atoms with Gasteiger partial charge in [-0.3, -0.25) is 9.80 Å².